The lowest BCUT2D eigenvalue weighted by Gasteiger charge is -2.27. The fourth-order valence-electron chi connectivity index (χ4n) is 3.09. The molecule has 2 heterocycles. The lowest BCUT2D eigenvalue weighted by atomic mass is 10.0. The fraction of sp³-hybridized carbons (Fsp3) is 0.444. The molecule has 3 rings (SSSR count). The second-order valence-corrected chi connectivity index (χ2v) is 7.34. The molecule has 0 saturated carbocycles. The Morgan fingerprint density at radius 1 is 1.30 bits per heavy atom. The van der Waals surface area contributed by atoms with Crippen LogP contribution in [-0.2, 0) is 18.2 Å². The predicted octanol–water partition coefficient (Wildman–Crippen LogP) is 3.30. The van der Waals surface area contributed by atoms with Crippen LogP contribution in [0.15, 0.2) is 18.3 Å². The second kappa shape index (κ2) is 6.57. The Balaban J connectivity index is 2.21. The number of hydrogen-bond acceptors (Lipinski definition) is 6. The molecule has 0 atom stereocenters. The Hall–Kier alpha value is -3.10. The minimum atomic E-state index is -0.665. The summed E-state index contributed by atoms with van der Waals surface area (Å²) >= 11 is 0. The highest BCUT2D eigenvalue weighted by Crippen LogP contribution is 2.43. The summed E-state index contributed by atoms with van der Waals surface area (Å²) in [5.41, 5.74) is 1.74. The van der Waals surface area contributed by atoms with Crippen molar-refractivity contribution in [2.24, 2.45) is 7.05 Å². The van der Waals surface area contributed by atoms with E-state index >= 15 is 0 Å². The van der Waals surface area contributed by atoms with Gasteiger partial charge in [0.15, 0.2) is 5.75 Å². The molecule has 0 spiro atoms. The van der Waals surface area contributed by atoms with Crippen LogP contribution in [-0.4, -0.2) is 40.1 Å². The van der Waals surface area contributed by atoms with Gasteiger partial charge in [0, 0.05) is 49.5 Å². The van der Waals surface area contributed by atoms with E-state index in [-0.39, 0.29) is 11.4 Å². The van der Waals surface area contributed by atoms with Crippen LogP contribution in [0.25, 0.3) is 11.1 Å². The molecule has 0 fully saturated rings. The Morgan fingerprint density at radius 3 is 2.59 bits per heavy atom. The highest BCUT2D eigenvalue weighted by Gasteiger charge is 2.32. The molecule has 1 aromatic carbocycles. The van der Waals surface area contributed by atoms with Crippen LogP contribution in [0.3, 0.4) is 0 Å². The maximum atomic E-state index is 12.8. The van der Waals surface area contributed by atoms with Gasteiger partial charge in [-0.05, 0) is 20.8 Å². The monoisotopic (exact) mass is 374 g/mol. The van der Waals surface area contributed by atoms with E-state index in [1.54, 1.807) is 38.7 Å². The van der Waals surface area contributed by atoms with Gasteiger partial charge in [-0.2, -0.15) is 5.10 Å². The number of ether oxygens (including phenoxy) is 2. The Bertz CT molecular complexity index is 913. The van der Waals surface area contributed by atoms with E-state index in [4.69, 9.17) is 9.47 Å². The van der Waals surface area contributed by atoms with E-state index in [0.717, 1.165) is 11.3 Å². The number of methoxy groups -OCH3 is 1. The smallest absolute Gasteiger partial charge is 0.414 e. The maximum absolute atomic E-state index is 12.8. The molecular weight excluding hydrogens is 352 g/mol. The fourth-order valence-corrected chi connectivity index (χ4v) is 3.09. The highest BCUT2D eigenvalue weighted by molar-refractivity contribution is 5.96. The number of nitro benzene ring substituents is 1. The Morgan fingerprint density at radius 2 is 2.00 bits per heavy atom. The van der Waals surface area contributed by atoms with Crippen molar-refractivity contribution in [2.75, 3.05) is 18.6 Å². The first kappa shape index (κ1) is 18.7. The van der Waals surface area contributed by atoms with Gasteiger partial charge < -0.3 is 9.47 Å². The number of fused-ring (bicyclic) bond motifs is 3. The van der Waals surface area contributed by atoms with Crippen molar-refractivity contribution in [3.05, 3.63) is 34.1 Å². The molecule has 9 nitrogen and oxygen atoms in total. The number of carbonyl (C=O) groups excluding carboxylic acids is 1. The third-order valence-electron chi connectivity index (χ3n) is 4.17. The predicted molar refractivity (Wildman–Crippen MR) is 99.1 cm³/mol. The number of hydrogen-bond donors (Lipinski definition) is 0. The minimum Gasteiger partial charge on any atom is -0.490 e. The molecule has 1 aliphatic heterocycles. The van der Waals surface area contributed by atoms with Gasteiger partial charge in [-0.3, -0.25) is 19.7 Å². The van der Waals surface area contributed by atoms with Crippen LogP contribution in [0.1, 0.15) is 26.5 Å². The number of aromatic nitrogens is 2. The summed E-state index contributed by atoms with van der Waals surface area (Å²) in [6.45, 7) is 5.70. The topological polar surface area (TPSA) is 99.7 Å². The van der Waals surface area contributed by atoms with E-state index in [1.165, 1.54) is 24.1 Å². The average Bonchev–Trinajstić information content (AvgIpc) is 2.86. The van der Waals surface area contributed by atoms with E-state index in [1.807, 2.05) is 0 Å². The molecule has 0 saturated heterocycles. The molecule has 1 aliphatic rings. The second-order valence-electron chi connectivity index (χ2n) is 7.34. The molecule has 1 amide bonds. The van der Waals surface area contributed by atoms with Crippen molar-refractivity contribution < 1.29 is 19.2 Å². The summed E-state index contributed by atoms with van der Waals surface area (Å²) < 4.78 is 12.4. The first-order chi connectivity index (χ1) is 12.6. The summed E-state index contributed by atoms with van der Waals surface area (Å²) in [7, 11) is 3.15. The van der Waals surface area contributed by atoms with Crippen LogP contribution >= 0.6 is 0 Å². The van der Waals surface area contributed by atoms with Crippen molar-refractivity contribution in [2.45, 2.75) is 32.8 Å². The van der Waals surface area contributed by atoms with Crippen LogP contribution < -0.4 is 9.64 Å². The van der Waals surface area contributed by atoms with Crippen molar-refractivity contribution in [1.82, 2.24) is 9.78 Å². The number of nitrogens with zero attached hydrogens (tertiary/aromatic N) is 4. The largest absolute Gasteiger partial charge is 0.490 e. The maximum Gasteiger partial charge on any atom is 0.414 e. The van der Waals surface area contributed by atoms with E-state index in [0.29, 0.717) is 24.2 Å². The van der Waals surface area contributed by atoms with Gasteiger partial charge in [-0.15, -0.1) is 0 Å². The number of anilines is 1. The van der Waals surface area contributed by atoms with Crippen LogP contribution in [0.4, 0.5) is 16.2 Å². The van der Waals surface area contributed by atoms with Gasteiger partial charge >= 0.3 is 11.8 Å². The molecule has 144 valence electrons. The van der Waals surface area contributed by atoms with E-state index in [2.05, 4.69) is 5.10 Å². The standard InChI is InChI=1S/C18H22N4O5/c1-18(2,3)27-17(23)21-7-6-13-12(10-20(4)19-13)11-8-15(22(24)25)16(26-5)9-14(11)21/h8-10H,6-7H2,1-5H3. The molecule has 0 aliphatic carbocycles. The number of aryl methyl sites for hydroxylation is 1. The zero-order valence-corrected chi connectivity index (χ0v) is 16.0. The Kier molecular flexibility index (Phi) is 4.54. The summed E-state index contributed by atoms with van der Waals surface area (Å²) in [5, 5.41) is 15.9. The normalized spacial score (nSPS) is 13.4. The van der Waals surface area contributed by atoms with Crippen LogP contribution in [0.2, 0.25) is 0 Å². The summed E-state index contributed by atoms with van der Waals surface area (Å²) in [6, 6.07) is 2.94. The molecule has 1 aromatic heterocycles. The van der Waals surface area contributed by atoms with Gasteiger partial charge in [0.2, 0.25) is 0 Å². The summed E-state index contributed by atoms with van der Waals surface area (Å²) in [4.78, 5) is 25.2. The molecule has 0 bridgehead atoms. The van der Waals surface area contributed by atoms with Crippen LogP contribution in [0.5, 0.6) is 5.75 Å². The SMILES string of the molecule is COc1cc2c(cc1[N+](=O)[O-])-c1cn(C)nc1CCN2C(=O)OC(C)(C)C. The zero-order valence-electron chi connectivity index (χ0n) is 16.0. The van der Waals surface area contributed by atoms with Gasteiger partial charge in [-0.1, -0.05) is 0 Å². The van der Waals surface area contributed by atoms with Gasteiger partial charge in [0.1, 0.15) is 5.60 Å². The van der Waals surface area contributed by atoms with Crippen molar-refractivity contribution in [1.29, 1.82) is 0 Å². The van der Waals surface area contributed by atoms with Gasteiger partial charge in [0.05, 0.1) is 23.4 Å². The van der Waals surface area contributed by atoms with Gasteiger partial charge in [0.25, 0.3) is 0 Å². The van der Waals surface area contributed by atoms with Gasteiger partial charge in [-0.25, -0.2) is 4.79 Å². The lowest BCUT2D eigenvalue weighted by molar-refractivity contribution is -0.385. The van der Waals surface area contributed by atoms with Crippen molar-refractivity contribution in [3.8, 4) is 16.9 Å². The molecule has 2 aromatic rings. The number of rotatable bonds is 2. The third-order valence-corrected chi connectivity index (χ3v) is 4.17. The number of amides is 1. The molecule has 9 heteroatoms. The molecule has 27 heavy (non-hydrogen) atoms. The molecular formula is C18H22N4O5. The first-order valence-corrected chi connectivity index (χ1v) is 8.50. The first-order valence-electron chi connectivity index (χ1n) is 8.50. The van der Waals surface area contributed by atoms with Crippen molar-refractivity contribution in [3.63, 3.8) is 0 Å². The third kappa shape index (κ3) is 3.57. The van der Waals surface area contributed by atoms with E-state index < -0.39 is 16.6 Å². The zero-order chi connectivity index (χ0) is 19.9. The summed E-state index contributed by atoms with van der Waals surface area (Å²) in [6.07, 6.45) is 1.78. The minimum absolute atomic E-state index is 0.0830. The molecule has 0 N–H and O–H groups in total. The number of carbonyl (C=O) groups is 1. The number of benzene rings is 1. The summed E-state index contributed by atoms with van der Waals surface area (Å²) in [5.74, 6) is 0.0830. The highest BCUT2D eigenvalue weighted by atomic mass is 16.6. The van der Waals surface area contributed by atoms with Crippen molar-refractivity contribution >= 4 is 17.5 Å². The average molecular weight is 374 g/mol. The Labute approximate surface area is 156 Å². The lowest BCUT2D eigenvalue weighted by Crippen LogP contribution is -2.38. The molecule has 0 unspecified atom stereocenters. The van der Waals surface area contributed by atoms with E-state index in [9.17, 15) is 14.9 Å². The molecule has 0 radical (unpaired) electrons. The quantitative estimate of drug-likeness (QED) is 0.591. The number of nitro groups is 1. The van der Waals surface area contributed by atoms with Crippen LogP contribution in [0, 0.1) is 10.1 Å².